The Morgan fingerprint density at radius 3 is 2.72 bits per heavy atom. The van der Waals surface area contributed by atoms with E-state index in [2.05, 4.69) is 15.3 Å². The number of rotatable bonds is 6. The van der Waals surface area contributed by atoms with Crippen LogP contribution in [-0.4, -0.2) is 72.2 Å². The first-order chi connectivity index (χ1) is 11.2. The second-order valence-corrected chi connectivity index (χ2v) is 6.00. The van der Waals surface area contributed by atoms with Crippen LogP contribution in [0.2, 0.25) is 0 Å². The molecule has 144 valence electrons. The number of carbonyl (C=O) groups excluding carboxylic acids is 1. The summed E-state index contributed by atoms with van der Waals surface area (Å²) in [6, 6.07) is 0. The predicted molar refractivity (Wildman–Crippen MR) is 99.6 cm³/mol. The second-order valence-electron chi connectivity index (χ2n) is 6.00. The van der Waals surface area contributed by atoms with Crippen LogP contribution in [0.3, 0.4) is 0 Å². The maximum Gasteiger partial charge on any atom is 0.253 e. The highest BCUT2D eigenvalue weighted by atomic mass is 35.5. The van der Waals surface area contributed by atoms with E-state index in [0.717, 1.165) is 52.2 Å². The fourth-order valence-corrected chi connectivity index (χ4v) is 2.91. The van der Waals surface area contributed by atoms with Gasteiger partial charge in [-0.2, -0.15) is 5.10 Å². The topological polar surface area (TPSA) is 94.6 Å². The van der Waals surface area contributed by atoms with Gasteiger partial charge in [0.05, 0.1) is 37.7 Å². The zero-order valence-corrected chi connectivity index (χ0v) is 15.8. The smallest absolute Gasteiger partial charge is 0.253 e. The molecule has 3 rings (SSSR count). The fraction of sp³-hybridized carbons (Fsp3) is 0.733. The summed E-state index contributed by atoms with van der Waals surface area (Å²) in [5, 5.41) is 7.16. The molecule has 2 aliphatic rings. The van der Waals surface area contributed by atoms with Crippen LogP contribution >= 0.6 is 24.8 Å². The highest BCUT2D eigenvalue weighted by Crippen LogP contribution is 2.20. The van der Waals surface area contributed by atoms with Gasteiger partial charge in [0.1, 0.15) is 6.10 Å². The average Bonchev–Trinajstić information content (AvgIpc) is 3.23. The zero-order valence-electron chi connectivity index (χ0n) is 14.1. The van der Waals surface area contributed by atoms with E-state index in [4.69, 9.17) is 15.2 Å². The molecule has 1 aromatic rings. The SMILES string of the molecule is Cl.Cl.NC[C@H]1CC[C@@H](C(=O)Nc2cnn(CCN3CCOCC3)c2)O1. The van der Waals surface area contributed by atoms with Gasteiger partial charge in [-0.15, -0.1) is 24.8 Å². The van der Waals surface area contributed by atoms with Gasteiger partial charge in [0.2, 0.25) is 0 Å². The maximum atomic E-state index is 12.2. The Bertz CT molecular complexity index is 525. The monoisotopic (exact) mass is 395 g/mol. The quantitative estimate of drug-likeness (QED) is 0.728. The first-order valence-electron chi connectivity index (χ1n) is 8.23. The van der Waals surface area contributed by atoms with Gasteiger partial charge in [-0.1, -0.05) is 0 Å². The van der Waals surface area contributed by atoms with Crippen molar-refractivity contribution in [3.63, 3.8) is 0 Å². The number of hydrogen-bond acceptors (Lipinski definition) is 6. The highest BCUT2D eigenvalue weighted by Gasteiger charge is 2.30. The van der Waals surface area contributed by atoms with Crippen LogP contribution < -0.4 is 11.1 Å². The highest BCUT2D eigenvalue weighted by molar-refractivity contribution is 5.94. The summed E-state index contributed by atoms with van der Waals surface area (Å²) < 4.78 is 12.8. The van der Waals surface area contributed by atoms with Gasteiger partial charge in [-0.05, 0) is 12.8 Å². The van der Waals surface area contributed by atoms with E-state index in [1.807, 2.05) is 10.9 Å². The van der Waals surface area contributed by atoms with E-state index < -0.39 is 6.10 Å². The largest absolute Gasteiger partial charge is 0.379 e. The molecule has 1 aromatic heterocycles. The van der Waals surface area contributed by atoms with Crippen molar-refractivity contribution >= 4 is 36.4 Å². The van der Waals surface area contributed by atoms with Crippen molar-refractivity contribution in [3.05, 3.63) is 12.4 Å². The molecule has 3 N–H and O–H groups in total. The van der Waals surface area contributed by atoms with Crippen LogP contribution in [0.1, 0.15) is 12.8 Å². The van der Waals surface area contributed by atoms with Crippen LogP contribution in [0.4, 0.5) is 5.69 Å². The first kappa shape index (κ1) is 22.1. The van der Waals surface area contributed by atoms with Gasteiger partial charge in [0.25, 0.3) is 5.91 Å². The minimum absolute atomic E-state index is 0. The number of hydrogen-bond donors (Lipinski definition) is 2. The van der Waals surface area contributed by atoms with Gasteiger partial charge in [0.15, 0.2) is 0 Å². The lowest BCUT2D eigenvalue weighted by molar-refractivity contribution is -0.126. The predicted octanol–water partition coefficient (Wildman–Crippen LogP) is 0.504. The van der Waals surface area contributed by atoms with Crippen LogP contribution in [0, 0.1) is 0 Å². The Kier molecular flexibility index (Phi) is 9.70. The van der Waals surface area contributed by atoms with Crippen molar-refractivity contribution in [3.8, 4) is 0 Å². The van der Waals surface area contributed by atoms with E-state index in [-0.39, 0.29) is 36.8 Å². The Morgan fingerprint density at radius 1 is 1.28 bits per heavy atom. The standard InChI is InChI=1S/C15H25N5O3.2ClH/c16-9-13-1-2-14(23-13)15(21)18-12-10-17-20(11-12)4-3-19-5-7-22-8-6-19;;/h10-11,13-14H,1-9,16H2,(H,18,21);2*1H/t13-,14+;;/m1../s1. The molecule has 25 heavy (non-hydrogen) atoms. The molecule has 0 aliphatic carbocycles. The van der Waals surface area contributed by atoms with Gasteiger partial charge in [-0.25, -0.2) is 0 Å². The van der Waals surface area contributed by atoms with Crippen molar-refractivity contribution in [2.45, 2.75) is 31.6 Å². The molecule has 2 atom stereocenters. The van der Waals surface area contributed by atoms with Crippen molar-refractivity contribution in [2.75, 3.05) is 44.7 Å². The number of morpholine rings is 1. The number of nitrogens with one attached hydrogen (secondary N) is 1. The van der Waals surface area contributed by atoms with Crippen LogP contribution in [0.25, 0.3) is 0 Å². The Morgan fingerprint density at radius 2 is 2.04 bits per heavy atom. The lowest BCUT2D eigenvalue weighted by Gasteiger charge is -2.26. The molecule has 0 bridgehead atoms. The summed E-state index contributed by atoms with van der Waals surface area (Å²) in [5.74, 6) is -0.117. The Hall–Kier alpha value is -0.900. The van der Waals surface area contributed by atoms with Gasteiger partial charge < -0.3 is 20.5 Å². The third-order valence-corrected chi connectivity index (χ3v) is 4.31. The normalized spacial score (nSPS) is 23.6. The number of amides is 1. The molecule has 2 fully saturated rings. The maximum absolute atomic E-state index is 12.2. The molecule has 0 unspecified atom stereocenters. The summed E-state index contributed by atoms with van der Waals surface area (Å²) >= 11 is 0. The minimum Gasteiger partial charge on any atom is -0.379 e. The number of carbonyl (C=O) groups is 1. The third-order valence-electron chi connectivity index (χ3n) is 4.31. The van der Waals surface area contributed by atoms with Crippen molar-refractivity contribution in [1.29, 1.82) is 0 Å². The number of nitrogens with two attached hydrogens (primary N) is 1. The van der Waals surface area contributed by atoms with Gasteiger partial charge in [-0.3, -0.25) is 14.4 Å². The molecule has 0 radical (unpaired) electrons. The molecule has 0 saturated carbocycles. The van der Waals surface area contributed by atoms with Crippen LogP contribution in [0.5, 0.6) is 0 Å². The van der Waals surface area contributed by atoms with E-state index in [9.17, 15) is 4.79 Å². The lowest BCUT2D eigenvalue weighted by Crippen LogP contribution is -2.38. The van der Waals surface area contributed by atoms with E-state index in [1.54, 1.807) is 6.20 Å². The second kappa shape index (κ2) is 10.9. The summed E-state index contributed by atoms with van der Waals surface area (Å²) in [6.07, 6.45) is 4.69. The van der Waals surface area contributed by atoms with Crippen LogP contribution in [-0.2, 0) is 20.8 Å². The number of aromatic nitrogens is 2. The molecular formula is C15H27Cl2N5O3. The molecular weight excluding hydrogens is 369 g/mol. The summed E-state index contributed by atoms with van der Waals surface area (Å²) in [7, 11) is 0. The molecule has 0 spiro atoms. The number of nitrogens with zero attached hydrogens (tertiary/aromatic N) is 3. The van der Waals surface area contributed by atoms with Crippen molar-refractivity contribution < 1.29 is 14.3 Å². The molecule has 0 aromatic carbocycles. The molecule has 8 nitrogen and oxygen atoms in total. The molecule has 2 saturated heterocycles. The third kappa shape index (κ3) is 6.40. The van der Waals surface area contributed by atoms with E-state index >= 15 is 0 Å². The zero-order chi connectivity index (χ0) is 16.1. The Balaban J connectivity index is 0.00000156. The number of anilines is 1. The summed E-state index contributed by atoms with van der Waals surface area (Å²) in [5.41, 5.74) is 6.27. The number of halogens is 2. The van der Waals surface area contributed by atoms with Gasteiger partial charge in [0, 0.05) is 32.4 Å². The van der Waals surface area contributed by atoms with Crippen molar-refractivity contribution in [2.24, 2.45) is 5.73 Å². The molecule has 10 heteroatoms. The molecule has 1 amide bonds. The summed E-state index contributed by atoms with van der Waals surface area (Å²) in [6.45, 7) is 5.71. The van der Waals surface area contributed by atoms with E-state index in [0.29, 0.717) is 12.2 Å². The van der Waals surface area contributed by atoms with Gasteiger partial charge >= 0.3 is 0 Å². The molecule has 3 heterocycles. The fourth-order valence-electron chi connectivity index (χ4n) is 2.91. The summed E-state index contributed by atoms with van der Waals surface area (Å²) in [4.78, 5) is 14.5. The molecule has 2 aliphatic heterocycles. The number of ether oxygens (including phenoxy) is 2. The average molecular weight is 396 g/mol. The van der Waals surface area contributed by atoms with Crippen LogP contribution in [0.15, 0.2) is 12.4 Å². The minimum atomic E-state index is -0.403. The van der Waals surface area contributed by atoms with E-state index in [1.165, 1.54) is 0 Å². The first-order valence-corrected chi connectivity index (χ1v) is 8.23. The van der Waals surface area contributed by atoms with Crippen molar-refractivity contribution in [1.82, 2.24) is 14.7 Å². The lowest BCUT2D eigenvalue weighted by atomic mass is 10.2. The Labute approximate surface area is 160 Å².